The minimum Gasteiger partial charge on any atom is -0.350 e. The van der Waals surface area contributed by atoms with Gasteiger partial charge in [-0.1, -0.05) is 46.8 Å². The summed E-state index contributed by atoms with van der Waals surface area (Å²) in [7, 11) is 0. The summed E-state index contributed by atoms with van der Waals surface area (Å²) in [5.41, 5.74) is 7.55. The monoisotopic (exact) mass is 395 g/mol. The zero-order chi connectivity index (χ0) is 19.5. The number of carbonyl (C=O) groups excluding carboxylic acids is 2. The van der Waals surface area contributed by atoms with Crippen LogP contribution in [0, 0.1) is 11.8 Å². The molecule has 1 fully saturated rings. The molecule has 1 aliphatic carbocycles. The van der Waals surface area contributed by atoms with Crippen molar-refractivity contribution in [2.24, 2.45) is 17.6 Å². The number of rotatable bonds is 7. The molecule has 4 N–H and O–H groups in total. The van der Waals surface area contributed by atoms with Gasteiger partial charge in [0.2, 0.25) is 5.91 Å². The van der Waals surface area contributed by atoms with E-state index in [0.29, 0.717) is 18.0 Å². The van der Waals surface area contributed by atoms with Gasteiger partial charge in [-0.15, -0.1) is 12.4 Å². The molecule has 0 spiro atoms. The van der Waals surface area contributed by atoms with Crippen molar-refractivity contribution in [3.05, 3.63) is 35.4 Å². The van der Waals surface area contributed by atoms with E-state index in [1.54, 1.807) is 0 Å². The lowest BCUT2D eigenvalue weighted by atomic mass is 9.86. The van der Waals surface area contributed by atoms with Crippen LogP contribution in [0.3, 0.4) is 0 Å². The summed E-state index contributed by atoms with van der Waals surface area (Å²) >= 11 is 0. The van der Waals surface area contributed by atoms with Crippen LogP contribution in [0.15, 0.2) is 24.3 Å². The predicted molar refractivity (Wildman–Crippen MR) is 112 cm³/mol. The molecule has 0 radical (unpaired) electrons. The molecule has 1 saturated carbocycles. The maximum Gasteiger partial charge on any atom is 0.251 e. The smallest absolute Gasteiger partial charge is 0.251 e. The number of benzene rings is 1. The fourth-order valence-corrected chi connectivity index (χ4v) is 3.02. The van der Waals surface area contributed by atoms with Gasteiger partial charge in [0.25, 0.3) is 5.91 Å². The summed E-state index contributed by atoms with van der Waals surface area (Å²) in [6.45, 7) is 10.7. The SMILES string of the molecule is CC(C)C(NC(=O)c1ccc(C(C)(C)C)cc1)C(=O)NC(CN)C1CC1.Cl. The molecule has 1 aromatic carbocycles. The Balaban J connectivity index is 0.00000364. The molecule has 6 heteroatoms. The van der Waals surface area contributed by atoms with Gasteiger partial charge in [-0.05, 0) is 47.8 Å². The van der Waals surface area contributed by atoms with Gasteiger partial charge >= 0.3 is 0 Å². The second kappa shape index (κ2) is 9.56. The van der Waals surface area contributed by atoms with Crippen LogP contribution >= 0.6 is 12.4 Å². The lowest BCUT2D eigenvalue weighted by molar-refractivity contribution is -0.124. The Kier molecular flexibility index (Phi) is 8.30. The molecule has 0 heterocycles. The molecular formula is C21H34ClN3O2. The number of nitrogens with two attached hydrogens (primary N) is 1. The first kappa shape index (κ1) is 23.4. The first-order chi connectivity index (χ1) is 12.1. The molecular weight excluding hydrogens is 362 g/mol. The Labute approximate surface area is 169 Å². The Morgan fingerprint density at radius 1 is 1.11 bits per heavy atom. The lowest BCUT2D eigenvalue weighted by Crippen LogP contribution is -2.54. The Morgan fingerprint density at radius 2 is 1.67 bits per heavy atom. The molecule has 27 heavy (non-hydrogen) atoms. The van der Waals surface area contributed by atoms with E-state index in [-0.39, 0.29) is 41.6 Å². The summed E-state index contributed by atoms with van der Waals surface area (Å²) in [5.74, 6) is 0.0971. The second-order valence-corrected chi connectivity index (χ2v) is 8.71. The van der Waals surface area contributed by atoms with E-state index >= 15 is 0 Å². The molecule has 152 valence electrons. The fraction of sp³-hybridized carbons (Fsp3) is 0.619. The minimum absolute atomic E-state index is 0. The zero-order valence-corrected chi connectivity index (χ0v) is 17.9. The average molecular weight is 396 g/mol. The molecule has 2 unspecified atom stereocenters. The van der Waals surface area contributed by atoms with Gasteiger partial charge in [-0.3, -0.25) is 9.59 Å². The van der Waals surface area contributed by atoms with Crippen molar-refractivity contribution < 1.29 is 9.59 Å². The highest BCUT2D eigenvalue weighted by molar-refractivity contribution is 5.97. The first-order valence-electron chi connectivity index (χ1n) is 9.55. The quantitative estimate of drug-likeness (QED) is 0.663. The third-order valence-electron chi connectivity index (χ3n) is 5.02. The Hall–Kier alpha value is -1.59. The van der Waals surface area contributed by atoms with Crippen LogP contribution in [0.25, 0.3) is 0 Å². The molecule has 5 nitrogen and oxygen atoms in total. The van der Waals surface area contributed by atoms with Gasteiger partial charge < -0.3 is 16.4 Å². The maximum atomic E-state index is 12.7. The van der Waals surface area contributed by atoms with Gasteiger partial charge in [0, 0.05) is 18.2 Å². The molecule has 0 bridgehead atoms. The summed E-state index contributed by atoms with van der Waals surface area (Å²) in [5, 5.41) is 5.90. The third-order valence-corrected chi connectivity index (χ3v) is 5.02. The molecule has 0 aliphatic heterocycles. The zero-order valence-electron chi connectivity index (χ0n) is 17.0. The summed E-state index contributed by atoms with van der Waals surface area (Å²) in [6.07, 6.45) is 2.22. The van der Waals surface area contributed by atoms with Crippen LogP contribution in [0.1, 0.15) is 63.4 Å². The Bertz CT molecular complexity index is 634. The van der Waals surface area contributed by atoms with Crippen molar-refractivity contribution in [1.82, 2.24) is 10.6 Å². The van der Waals surface area contributed by atoms with E-state index < -0.39 is 6.04 Å². The summed E-state index contributed by atoms with van der Waals surface area (Å²) in [6, 6.07) is 7.01. The summed E-state index contributed by atoms with van der Waals surface area (Å²) in [4.78, 5) is 25.3. The molecule has 2 atom stereocenters. The van der Waals surface area contributed by atoms with Gasteiger partial charge in [-0.2, -0.15) is 0 Å². The van der Waals surface area contributed by atoms with Crippen LogP contribution in [0.5, 0.6) is 0 Å². The molecule has 2 amide bonds. The van der Waals surface area contributed by atoms with Crippen molar-refractivity contribution in [2.75, 3.05) is 6.54 Å². The molecule has 0 saturated heterocycles. The van der Waals surface area contributed by atoms with Crippen molar-refractivity contribution >= 4 is 24.2 Å². The number of nitrogens with one attached hydrogen (secondary N) is 2. The largest absolute Gasteiger partial charge is 0.350 e. The lowest BCUT2D eigenvalue weighted by Gasteiger charge is -2.25. The fourth-order valence-electron chi connectivity index (χ4n) is 3.02. The van der Waals surface area contributed by atoms with Crippen LogP contribution in [-0.4, -0.2) is 30.4 Å². The van der Waals surface area contributed by atoms with Crippen LogP contribution in [0.2, 0.25) is 0 Å². The minimum atomic E-state index is -0.572. The number of carbonyl (C=O) groups is 2. The average Bonchev–Trinajstić information content (AvgIpc) is 3.41. The van der Waals surface area contributed by atoms with Gasteiger partial charge in [0.1, 0.15) is 6.04 Å². The highest BCUT2D eigenvalue weighted by Gasteiger charge is 2.34. The molecule has 2 rings (SSSR count). The van der Waals surface area contributed by atoms with E-state index in [4.69, 9.17) is 5.73 Å². The highest BCUT2D eigenvalue weighted by atomic mass is 35.5. The van der Waals surface area contributed by atoms with E-state index in [2.05, 4.69) is 31.4 Å². The van der Waals surface area contributed by atoms with Crippen LogP contribution in [0.4, 0.5) is 0 Å². The normalized spacial score (nSPS) is 16.3. The van der Waals surface area contributed by atoms with Crippen molar-refractivity contribution in [3.63, 3.8) is 0 Å². The van der Waals surface area contributed by atoms with E-state index in [1.165, 1.54) is 5.56 Å². The van der Waals surface area contributed by atoms with E-state index in [1.807, 2.05) is 38.1 Å². The van der Waals surface area contributed by atoms with E-state index in [9.17, 15) is 9.59 Å². The van der Waals surface area contributed by atoms with Crippen molar-refractivity contribution in [3.8, 4) is 0 Å². The van der Waals surface area contributed by atoms with Crippen LogP contribution < -0.4 is 16.4 Å². The van der Waals surface area contributed by atoms with Gasteiger partial charge in [0.15, 0.2) is 0 Å². The highest BCUT2D eigenvalue weighted by Crippen LogP contribution is 2.32. The number of hydrogen-bond donors (Lipinski definition) is 3. The second-order valence-electron chi connectivity index (χ2n) is 8.71. The van der Waals surface area contributed by atoms with Gasteiger partial charge in [0.05, 0.1) is 0 Å². The first-order valence-corrected chi connectivity index (χ1v) is 9.55. The topological polar surface area (TPSA) is 84.2 Å². The standard InChI is InChI=1S/C21H33N3O2.ClH/c1-13(2)18(20(26)23-17(12-22)14-6-7-14)24-19(25)15-8-10-16(11-9-15)21(3,4)5;/h8-11,13-14,17-18H,6-7,12,22H2,1-5H3,(H,23,26)(H,24,25);1H. The third kappa shape index (κ3) is 6.51. The van der Waals surface area contributed by atoms with Crippen molar-refractivity contribution in [1.29, 1.82) is 0 Å². The maximum absolute atomic E-state index is 12.7. The predicted octanol–water partition coefficient (Wildman–Crippen LogP) is 3.01. The molecule has 0 aromatic heterocycles. The van der Waals surface area contributed by atoms with Gasteiger partial charge in [-0.25, -0.2) is 0 Å². The van der Waals surface area contributed by atoms with Crippen LogP contribution in [-0.2, 0) is 10.2 Å². The number of halogens is 1. The number of hydrogen-bond acceptors (Lipinski definition) is 3. The summed E-state index contributed by atoms with van der Waals surface area (Å²) < 4.78 is 0. The number of amides is 2. The molecule has 1 aromatic rings. The van der Waals surface area contributed by atoms with E-state index in [0.717, 1.165) is 12.8 Å². The molecule has 1 aliphatic rings. The van der Waals surface area contributed by atoms with Crippen molar-refractivity contribution in [2.45, 2.75) is 65.0 Å². The Morgan fingerprint density at radius 3 is 2.07 bits per heavy atom.